The molecule has 1 atom stereocenters. The average molecular weight is 804 g/mol. The van der Waals surface area contributed by atoms with Crippen LogP contribution in [0.1, 0.15) is 18.4 Å². The van der Waals surface area contributed by atoms with Crippen molar-refractivity contribution in [3.63, 3.8) is 0 Å². The van der Waals surface area contributed by atoms with Crippen LogP contribution in [0.25, 0.3) is 0 Å². The van der Waals surface area contributed by atoms with Gasteiger partial charge in [0.25, 0.3) is 0 Å². The summed E-state index contributed by atoms with van der Waals surface area (Å²) >= 11 is 0. The summed E-state index contributed by atoms with van der Waals surface area (Å²) in [5, 5.41) is 39.7. The Bertz CT molecular complexity index is 1170. The van der Waals surface area contributed by atoms with E-state index in [1.807, 2.05) is 0 Å². The van der Waals surface area contributed by atoms with Crippen molar-refractivity contribution < 1.29 is 119 Å². The Morgan fingerprint density at radius 2 is 0.816 bits per heavy atom. The number of alkyl halides is 17. The Kier molecular flexibility index (Phi) is 15.2. The highest BCUT2D eigenvalue weighted by molar-refractivity contribution is 7.53. The molecule has 0 aliphatic carbocycles. The van der Waals surface area contributed by atoms with Crippen molar-refractivity contribution in [2.24, 2.45) is 5.41 Å². The van der Waals surface area contributed by atoms with E-state index in [1.54, 1.807) is 0 Å². The second-order valence-corrected chi connectivity index (χ2v) is 11.4. The second-order valence-electron chi connectivity index (χ2n) is 9.72. The standard InChI is InChI=1S/C21H19F17O4.H4O5P2/c22-14(23,7-6-13(42,11-4-2-1-3-5-11)12(8-39,9-40)10-41)15(24,25)16(26,27)17(28,29)18(30,31)19(32,33)20(34,35)21(36,37)38;1-6(2)5-7(3)4/h1-5,39-42H,6-10H2;1-4H. The predicted molar refractivity (Wildman–Crippen MR) is 128 cm³/mol. The number of benzene rings is 1. The zero-order valence-corrected chi connectivity index (χ0v) is 25.0. The van der Waals surface area contributed by atoms with Gasteiger partial charge < -0.3 is 40.0 Å². The number of aliphatic hydroxyl groups is 4. The smallest absolute Gasteiger partial charge is 0.395 e. The summed E-state index contributed by atoms with van der Waals surface area (Å²) < 4.78 is 233. The van der Waals surface area contributed by atoms with Gasteiger partial charge in [-0.25, -0.2) is 4.31 Å². The van der Waals surface area contributed by atoms with Crippen LogP contribution in [0.3, 0.4) is 0 Å². The van der Waals surface area contributed by atoms with Crippen LogP contribution in [0.5, 0.6) is 0 Å². The van der Waals surface area contributed by atoms with Crippen molar-refractivity contribution in [3.05, 3.63) is 35.9 Å². The van der Waals surface area contributed by atoms with Crippen LogP contribution in [0.2, 0.25) is 0 Å². The van der Waals surface area contributed by atoms with Crippen molar-refractivity contribution in [2.45, 2.75) is 66.1 Å². The van der Waals surface area contributed by atoms with Crippen LogP contribution in [-0.4, -0.2) is 107 Å². The zero-order chi connectivity index (χ0) is 39.5. The van der Waals surface area contributed by atoms with Crippen LogP contribution in [0, 0.1) is 5.41 Å². The quantitative estimate of drug-likeness (QED) is 0.0842. The fourth-order valence-electron chi connectivity index (χ4n) is 3.73. The van der Waals surface area contributed by atoms with E-state index in [4.69, 9.17) is 19.6 Å². The summed E-state index contributed by atoms with van der Waals surface area (Å²) in [6.45, 7) is -4.72. The third kappa shape index (κ3) is 8.44. The highest BCUT2D eigenvalue weighted by Gasteiger charge is 2.95. The summed E-state index contributed by atoms with van der Waals surface area (Å²) in [6, 6.07) is 4.72. The molecule has 0 spiro atoms. The molecule has 0 saturated heterocycles. The van der Waals surface area contributed by atoms with Crippen molar-refractivity contribution in [3.8, 4) is 0 Å². The minimum Gasteiger partial charge on any atom is -0.395 e. The highest BCUT2D eigenvalue weighted by atomic mass is 31.2. The Morgan fingerprint density at radius 1 is 0.490 bits per heavy atom. The molecule has 0 aliphatic rings. The molecule has 0 aliphatic heterocycles. The molecule has 0 radical (unpaired) electrons. The van der Waals surface area contributed by atoms with Crippen LogP contribution in [0.4, 0.5) is 74.6 Å². The molecule has 0 saturated carbocycles. The molecule has 0 fully saturated rings. The molecule has 49 heavy (non-hydrogen) atoms. The maximum absolute atomic E-state index is 14.5. The molecular formula is C21H23F17O9P2. The topological polar surface area (TPSA) is 171 Å². The average Bonchev–Trinajstić information content (AvgIpc) is 2.96. The number of hydrogen-bond donors (Lipinski definition) is 8. The monoisotopic (exact) mass is 804 g/mol. The molecule has 290 valence electrons. The SMILES string of the molecule is OCC(CO)(CO)C(O)(CCC(F)(F)C(F)(F)C(F)(F)C(F)(F)C(F)(F)C(F)(F)C(F)(F)C(F)(F)F)c1ccccc1.OP(O)OP(O)O. The van der Waals surface area contributed by atoms with Crippen LogP contribution in [0.15, 0.2) is 30.3 Å². The molecule has 8 N–H and O–H groups in total. The van der Waals surface area contributed by atoms with Crippen LogP contribution < -0.4 is 0 Å². The summed E-state index contributed by atoms with van der Waals surface area (Å²) in [4.78, 5) is 31.3. The third-order valence-electron chi connectivity index (χ3n) is 6.77. The normalized spacial score (nSPS) is 16.1. The Balaban J connectivity index is 0.00000295. The number of aliphatic hydroxyl groups excluding tert-OH is 3. The van der Waals surface area contributed by atoms with E-state index < -0.39 is 114 Å². The van der Waals surface area contributed by atoms with E-state index in [0.717, 1.165) is 24.3 Å². The summed E-state index contributed by atoms with van der Waals surface area (Å²) in [6.07, 6.45) is -13.0. The van der Waals surface area contributed by atoms with Gasteiger partial charge in [0, 0.05) is 6.42 Å². The molecule has 1 aromatic carbocycles. The molecule has 1 aromatic rings. The van der Waals surface area contributed by atoms with Crippen molar-refractivity contribution in [1.82, 2.24) is 0 Å². The zero-order valence-electron chi connectivity index (χ0n) is 23.2. The van der Waals surface area contributed by atoms with E-state index >= 15 is 0 Å². The van der Waals surface area contributed by atoms with E-state index in [0.29, 0.717) is 0 Å². The van der Waals surface area contributed by atoms with Crippen LogP contribution >= 0.6 is 17.2 Å². The van der Waals surface area contributed by atoms with Gasteiger partial charge in [-0.1, -0.05) is 30.3 Å². The second kappa shape index (κ2) is 15.6. The van der Waals surface area contributed by atoms with Gasteiger partial charge in [0.2, 0.25) is 0 Å². The lowest BCUT2D eigenvalue weighted by molar-refractivity contribution is -0.462. The first-order valence-corrected chi connectivity index (χ1v) is 14.3. The van der Waals surface area contributed by atoms with Gasteiger partial charge in [-0.3, -0.25) is 0 Å². The molecule has 28 heteroatoms. The lowest BCUT2D eigenvalue weighted by Crippen LogP contribution is -2.74. The number of hydrogen-bond acceptors (Lipinski definition) is 9. The van der Waals surface area contributed by atoms with Gasteiger partial charge in [0.1, 0.15) is 5.60 Å². The summed E-state index contributed by atoms with van der Waals surface area (Å²) in [5.74, 6) is -57.7. The lowest BCUT2D eigenvalue weighted by Gasteiger charge is -2.46. The van der Waals surface area contributed by atoms with E-state index in [-0.39, 0.29) is 0 Å². The van der Waals surface area contributed by atoms with Gasteiger partial charge in [-0.15, -0.1) is 0 Å². The predicted octanol–water partition coefficient (Wildman–Crippen LogP) is 5.05. The first-order valence-electron chi connectivity index (χ1n) is 12.0. The highest BCUT2D eigenvalue weighted by Crippen LogP contribution is 2.64. The van der Waals surface area contributed by atoms with Gasteiger partial charge in [-0.2, -0.15) is 74.6 Å². The summed E-state index contributed by atoms with van der Waals surface area (Å²) in [5.41, 5.74) is -6.88. The Morgan fingerprint density at radius 3 is 1.10 bits per heavy atom. The van der Waals surface area contributed by atoms with Gasteiger partial charge in [0.05, 0.1) is 25.2 Å². The molecule has 0 aromatic heterocycles. The van der Waals surface area contributed by atoms with Crippen molar-refractivity contribution in [2.75, 3.05) is 19.8 Å². The van der Waals surface area contributed by atoms with Gasteiger partial charge >= 0.3 is 64.8 Å². The number of halogens is 17. The molecule has 0 heterocycles. The van der Waals surface area contributed by atoms with Crippen molar-refractivity contribution in [1.29, 1.82) is 0 Å². The minimum atomic E-state index is -8.77. The first-order chi connectivity index (χ1) is 21.6. The van der Waals surface area contributed by atoms with Gasteiger partial charge in [-0.05, 0) is 12.0 Å². The van der Waals surface area contributed by atoms with E-state index in [1.165, 1.54) is 6.07 Å². The minimum absolute atomic E-state index is 0.723. The molecule has 1 rings (SSSR count). The molecular weight excluding hydrogens is 781 g/mol. The first kappa shape index (κ1) is 47.5. The molecule has 0 bridgehead atoms. The van der Waals surface area contributed by atoms with E-state index in [2.05, 4.69) is 4.31 Å². The Labute approximate surface area is 264 Å². The molecule has 0 amide bonds. The maximum Gasteiger partial charge on any atom is 0.460 e. The maximum atomic E-state index is 14.5. The molecule has 9 nitrogen and oxygen atoms in total. The largest absolute Gasteiger partial charge is 0.460 e. The lowest BCUT2D eigenvalue weighted by atomic mass is 9.66. The third-order valence-corrected chi connectivity index (χ3v) is 7.94. The van der Waals surface area contributed by atoms with E-state index in [9.17, 15) is 95.1 Å². The van der Waals surface area contributed by atoms with Crippen LogP contribution in [-0.2, 0) is 9.91 Å². The fraction of sp³-hybridized carbons (Fsp3) is 0.714. The van der Waals surface area contributed by atoms with Crippen molar-refractivity contribution >= 4 is 17.2 Å². The van der Waals surface area contributed by atoms with Gasteiger partial charge in [0.15, 0.2) is 0 Å². The summed E-state index contributed by atoms with van der Waals surface area (Å²) in [7, 11) is -5.22. The Hall–Kier alpha value is -1.47. The molecule has 1 unspecified atom stereocenters. The fourth-order valence-corrected chi connectivity index (χ4v) is 4.25. The number of rotatable bonds is 16.